The summed E-state index contributed by atoms with van der Waals surface area (Å²) in [5.74, 6) is 0. The third kappa shape index (κ3) is 3.17. The number of likely N-dealkylation sites (N-methyl/N-ethyl adjacent to an activating group) is 1. The maximum absolute atomic E-state index is 3.60. The third-order valence-corrected chi connectivity index (χ3v) is 5.56. The van der Waals surface area contributed by atoms with Gasteiger partial charge in [0.15, 0.2) is 0 Å². The average molecular weight is 312 g/mol. The highest BCUT2D eigenvalue weighted by atomic mass is 32.1. The fourth-order valence-corrected chi connectivity index (χ4v) is 4.16. The number of nitrogens with zero attached hydrogens (tertiary/aromatic N) is 1. The van der Waals surface area contributed by atoms with Crippen LogP contribution in [0.1, 0.15) is 19.4 Å². The second-order valence-electron chi connectivity index (χ2n) is 5.60. The monoisotopic (exact) mass is 312 g/mol. The molecule has 3 aromatic rings. The van der Waals surface area contributed by atoms with E-state index in [0.717, 1.165) is 32.7 Å². The van der Waals surface area contributed by atoms with Crippen molar-refractivity contribution in [2.45, 2.75) is 20.4 Å². The van der Waals surface area contributed by atoms with Gasteiger partial charge in [-0.3, -0.25) is 0 Å². The molecule has 0 aliphatic carbocycles. The standard InChI is InChI=1S/C19H24N2S/c1-3-21(4-2)13-12-20-14-15-8-7-10-17-16-9-5-6-11-18(16)22-19(15)17/h5-11,20H,3-4,12-14H2,1-2H3. The molecule has 0 bridgehead atoms. The molecule has 0 unspecified atom stereocenters. The fourth-order valence-electron chi connectivity index (χ4n) is 2.94. The highest BCUT2D eigenvalue weighted by Crippen LogP contribution is 2.35. The molecular formula is C19H24N2S. The van der Waals surface area contributed by atoms with Gasteiger partial charge in [-0.05, 0) is 24.7 Å². The summed E-state index contributed by atoms with van der Waals surface area (Å²) < 4.78 is 2.81. The Morgan fingerprint density at radius 2 is 1.73 bits per heavy atom. The Hall–Kier alpha value is -1.42. The van der Waals surface area contributed by atoms with Gasteiger partial charge in [0.1, 0.15) is 0 Å². The molecule has 22 heavy (non-hydrogen) atoms. The Morgan fingerprint density at radius 1 is 0.955 bits per heavy atom. The van der Waals surface area contributed by atoms with Crippen molar-refractivity contribution in [3.8, 4) is 0 Å². The Labute approximate surface area is 136 Å². The molecule has 0 spiro atoms. The van der Waals surface area contributed by atoms with Crippen molar-refractivity contribution in [2.24, 2.45) is 0 Å². The molecule has 0 saturated carbocycles. The highest BCUT2D eigenvalue weighted by Gasteiger charge is 2.08. The van der Waals surface area contributed by atoms with Crippen molar-refractivity contribution in [2.75, 3.05) is 26.2 Å². The lowest BCUT2D eigenvalue weighted by atomic mass is 10.1. The summed E-state index contributed by atoms with van der Waals surface area (Å²) in [7, 11) is 0. The van der Waals surface area contributed by atoms with Crippen LogP contribution in [0.5, 0.6) is 0 Å². The molecule has 1 heterocycles. The summed E-state index contributed by atoms with van der Waals surface area (Å²) in [5, 5.41) is 6.38. The number of hydrogen-bond acceptors (Lipinski definition) is 3. The average Bonchev–Trinajstić information content (AvgIpc) is 2.94. The van der Waals surface area contributed by atoms with Gasteiger partial charge in [-0.1, -0.05) is 50.2 Å². The SMILES string of the molecule is CCN(CC)CCNCc1cccc2c1sc1ccccc12. The maximum Gasteiger partial charge on any atom is 0.0400 e. The van der Waals surface area contributed by atoms with Gasteiger partial charge in [0.2, 0.25) is 0 Å². The molecule has 2 aromatic carbocycles. The Bertz CT molecular complexity index is 743. The van der Waals surface area contributed by atoms with E-state index in [2.05, 4.69) is 66.5 Å². The number of hydrogen-bond donors (Lipinski definition) is 1. The van der Waals surface area contributed by atoms with Crippen molar-refractivity contribution >= 4 is 31.5 Å². The first-order valence-corrected chi connectivity index (χ1v) is 8.97. The Kier molecular flexibility index (Phi) is 5.08. The van der Waals surface area contributed by atoms with E-state index in [1.54, 1.807) is 0 Å². The van der Waals surface area contributed by atoms with Crippen LogP contribution >= 0.6 is 11.3 Å². The minimum Gasteiger partial charge on any atom is -0.311 e. The second kappa shape index (κ2) is 7.23. The smallest absolute Gasteiger partial charge is 0.0400 e. The zero-order chi connectivity index (χ0) is 15.4. The van der Waals surface area contributed by atoms with Crippen LogP contribution < -0.4 is 5.32 Å². The van der Waals surface area contributed by atoms with Crippen LogP contribution in [0.25, 0.3) is 20.2 Å². The van der Waals surface area contributed by atoms with Gasteiger partial charge in [-0.25, -0.2) is 0 Å². The van der Waals surface area contributed by atoms with Crippen molar-refractivity contribution < 1.29 is 0 Å². The molecule has 0 radical (unpaired) electrons. The molecule has 1 N–H and O–H groups in total. The van der Waals surface area contributed by atoms with Crippen LogP contribution in [0.15, 0.2) is 42.5 Å². The normalized spacial score (nSPS) is 11.8. The Balaban J connectivity index is 1.74. The number of nitrogens with one attached hydrogen (secondary N) is 1. The molecule has 3 rings (SSSR count). The van der Waals surface area contributed by atoms with Crippen LogP contribution in [-0.2, 0) is 6.54 Å². The zero-order valence-electron chi connectivity index (χ0n) is 13.4. The van der Waals surface area contributed by atoms with Crippen LogP contribution in [0.4, 0.5) is 0 Å². The number of rotatable bonds is 7. The minimum absolute atomic E-state index is 0.950. The van der Waals surface area contributed by atoms with Gasteiger partial charge in [0.05, 0.1) is 0 Å². The molecule has 0 aliphatic rings. The summed E-state index contributed by atoms with van der Waals surface area (Å²) in [4.78, 5) is 2.45. The lowest BCUT2D eigenvalue weighted by molar-refractivity contribution is 0.302. The van der Waals surface area contributed by atoms with Crippen molar-refractivity contribution in [3.63, 3.8) is 0 Å². The predicted octanol–water partition coefficient (Wildman–Crippen LogP) is 4.49. The number of thiophene rings is 1. The lowest BCUT2D eigenvalue weighted by Crippen LogP contribution is -2.31. The first-order valence-electron chi connectivity index (χ1n) is 8.15. The predicted molar refractivity (Wildman–Crippen MR) is 98.8 cm³/mol. The van der Waals surface area contributed by atoms with Crippen molar-refractivity contribution in [1.29, 1.82) is 0 Å². The molecule has 0 fully saturated rings. The number of fused-ring (bicyclic) bond motifs is 3. The van der Waals surface area contributed by atoms with Gasteiger partial charge >= 0.3 is 0 Å². The summed E-state index contributed by atoms with van der Waals surface area (Å²) in [6.07, 6.45) is 0. The summed E-state index contributed by atoms with van der Waals surface area (Å²) in [5.41, 5.74) is 1.42. The molecule has 0 atom stereocenters. The zero-order valence-corrected chi connectivity index (χ0v) is 14.2. The van der Waals surface area contributed by atoms with E-state index in [0.29, 0.717) is 0 Å². The van der Waals surface area contributed by atoms with Gasteiger partial charge in [-0.15, -0.1) is 11.3 Å². The quantitative estimate of drug-likeness (QED) is 0.647. The van der Waals surface area contributed by atoms with Crippen molar-refractivity contribution in [1.82, 2.24) is 10.2 Å². The lowest BCUT2D eigenvalue weighted by Gasteiger charge is -2.18. The highest BCUT2D eigenvalue weighted by molar-refractivity contribution is 7.26. The van der Waals surface area contributed by atoms with Crippen LogP contribution in [-0.4, -0.2) is 31.1 Å². The van der Waals surface area contributed by atoms with Gasteiger partial charge in [0.25, 0.3) is 0 Å². The Morgan fingerprint density at radius 3 is 2.55 bits per heavy atom. The fraction of sp³-hybridized carbons (Fsp3) is 0.368. The molecule has 3 heteroatoms. The first-order chi connectivity index (χ1) is 10.8. The van der Waals surface area contributed by atoms with Crippen molar-refractivity contribution in [3.05, 3.63) is 48.0 Å². The molecular weight excluding hydrogens is 288 g/mol. The third-order valence-electron chi connectivity index (χ3n) is 4.30. The van der Waals surface area contributed by atoms with E-state index in [4.69, 9.17) is 0 Å². The van der Waals surface area contributed by atoms with Crippen LogP contribution in [0, 0.1) is 0 Å². The molecule has 0 amide bonds. The van der Waals surface area contributed by atoms with E-state index in [9.17, 15) is 0 Å². The first kappa shape index (κ1) is 15.5. The van der Waals surface area contributed by atoms with E-state index in [-0.39, 0.29) is 0 Å². The van der Waals surface area contributed by atoms with E-state index < -0.39 is 0 Å². The largest absolute Gasteiger partial charge is 0.311 e. The van der Waals surface area contributed by atoms with Gasteiger partial charge in [-0.2, -0.15) is 0 Å². The van der Waals surface area contributed by atoms with Crippen LogP contribution in [0.3, 0.4) is 0 Å². The van der Waals surface area contributed by atoms with Gasteiger partial charge < -0.3 is 10.2 Å². The summed E-state index contributed by atoms with van der Waals surface area (Å²) >= 11 is 1.91. The summed E-state index contributed by atoms with van der Waals surface area (Å²) in [6, 6.07) is 15.4. The van der Waals surface area contributed by atoms with E-state index >= 15 is 0 Å². The molecule has 0 aliphatic heterocycles. The maximum atomic E-state index is 3.60. The second-order valence-corrected chi connectivity index (χ2v) is 6.65. The molecule has 2 nitrogen and oxygen atoms in total. The van der Waals surface area contributed by atoms with Crippen LogP contribution in [0.2, 0.25) is 0 Å². The minimum atomic E-state index is 0.950. The number of benzene rings is 2. The topological polar surface area (TPSA) is 15.3 Å². The molecule has 1 aromatic heterocycles. The molecule has 0 saturated heterocycles. The summed E-state index contributed by atoms with van der Waals surface area (Å²) in [6.45, 7) is 9.82. The molecule has 116 valence electrons. The van der Waals surface area contributed by atoms with Gasteiger partial charge in [0, 0.05) is 39.8 Å². The van der Waals surface area contributed by atoms with E-state index in [1.807, 2.05) is 11.3 Å². The van der Waals surface area contributed by atoms with E-state index in [1.165, 1.54) is 25.7 Å².